The molecule has 0 radical (unpaired) electrons. The Morgan fingerprint density at radius 2 is 1.42 bits per heavy atom. The molecule has 2 nitrogen and oxygen atoms in total. The van der Waals surface area contributed by atoms with Gasteiger partial charge in [0.2, 0.25) is 0 Å². The number of fused-ring (bicyclic) bond motifs is 2. The molecule has 0 aliphatic carbocycles. The van der Waals surface area contributed by atoms with Crippen molar-refractivity contribution in [3.8, 4) is 11.5 Å². The van der Waals surface area contributed by atoms with Crippen molar-refractivity contribution in [2.45, 2.75) is 6.92 Å². The van der Waals surface area contributed by atoms with E-state index in [1.165, 1.54) is 5.57 Å². The fourth-order valence-corrected chi connectivity index (χ4v) is 2.26. The van der Waals surface area contributed by atoms with Gasteiger partial charge >= 0.3 is 0 Å². The molecule has 1 aliphatic heterocycles. The Labute approximate surface area is 113 Å². The zero-order valence-corrected chi connectivity index (χ0v) is 10.9. The quantitative estimate of drug-likeness (QED) is 0.705. The zero-order chi connectivity index (χ0) is 13.1. The van der Waals surface area contributed by atoms with E-state index in [9.17, 15) is 0 Å². The highest BCUT2D eigenvalue weighted by Gasteiger charge is 2.09. The third kappa shape index (κ3) is 2.48. The molecular weight excluding hydrogens is 236 g/mol. The molecular formula is C17H16O2. The van der Waals surface area contributed by atoms with Crippen LogP contribution in [0, 0.1) is 0 Å². The molecule has 1 heterocycles. The monoisotopic (exact) mass is 252 g/mol. The van der Waals surface area contributed by atoms with Gasteiger partial charge in [-0.2, -0.15) is 0 Å². The Bertz CT molecular complexity index is 614. The summed E-state index contributed by atoms with van der Waals surface area (Å²) in [6, 6.07) is 16.2. The predicted octanol–water partition coefficient (Wildman–Crippen LogP) is 4.02. The van der Waals surface area contributed by atoms with Crippen LogP contribution in [0.2, 0.25) is 0 Å². The minimum Gasteiger partial charge on any atom is -0.489 e. The largest absolute Gasteiger partial charge is 0.489 e. The number of hydrogen-bond donors (Lipinski definition) is 0. The number of allylic oxidation sites excluding steroid dienone is 1. The van der Waals surface area contributed by atoms with E-state index in [4.69, 9.17) is 9.47 Å². The second-order valence-electron chi connectivity index (χ2n) is 4.56. The molecule has 0 unspecified atom stereocenters. The Morgan fingerprint density at radius 1 is 0.789 bits per heavy atom. The third-order valence-corrected chi connectivity index (χ3v) is 3.20. The first kappa shape index (κ1) is 11.8. The molecule has 0 atom stereocenters. The van der Waals surface area contributed by atoms with Crippen molar-refractivity contribution in [2.75, 3.05) is 13.2 Å². The summed E-state index contributed by atoms with van der Waals surface area (Å²) in [5.41, 5.74) is 3.42. The van der Waals surface area contributed by atoms with E-state index in [2.05, 4.69) is 25.1 Å². The number of benzene rings is 2. The molecule has 2 heteroatoms. The summed E-state index contributed by atoms with van der Waals surface area (Å²) >= 11 is 0. The fourth-order valence-electron chi connectivity index (χ4n) is 2.26. The molecule has 0 amide bonds. The van der Waals surface area contributed by atoms with Crippen LogP contribution in [0.5, 0.6) is 11.5 Å². The van der Waals surface area contributed by atoms with E-state index in [0.29, 0.717) is 13.2 Å². The van der Waals surface area contributed by atoms with Gasteiger partial charge in [0.25, 0.3) is 0 Å². The Morgan fingerprint density at radius 3 is 2.26 bits per heavy atom. The number of rotatable bonds is 0. The summed E-state index contributed by atoms with van der Waals surface area (Å²) in [5.74, 6) is 1.82. The first-order chi connectivity index (χ1) is 9.34. The molecule has 1 aliphatic rings. The van der Waals surface area contributed by atoms with Crippen molar-refractivity contribution in [3.63, 3.8) is 0 Å². The van der Waals surface area contributed by atoms with Crippen LogP contribution in [-0.2, 0) is 0 Å². The number of ether oxygens (including phenoxy) is 2. The second-order valence-corrected chi connectivity index (χ2v) is 4.56. The van der Waals surface area contributed by atoms with Crippen LogP contribution in [-0.4, -0.2) is 13.2 Å². The van der Waals surface area contributed by atoms with Crippen molar-refractivity contribution < 1.29 is 9.47 Å². The lowest BCUT2D eigenvalue weighted by Gasteiger charge is -2.16. The number of para-hydroxylation sites is 2. The summed E-state index contributed by atoms with van der Waals surface area (Å²) in [6.07, 6.45) is 2.14. The SMILES string of the molecule is C/C1=C\c2ccccc2OCCOc2ccccc21. The van der Waals surface area contributed by atoms with Gasteiger partial charge < -0.3 is 9.47 Å². The van der Waals surface area contributed by atoms with Gasteiger partial charge in [0.15, 0.2) is 0 Å². The van der Waals surface area contributed by atoms with Crippen molar-refractivity contribution in [1.29, 1.82) is 0 Å². The molecule has 3 rings (SSSR count). The Hall–Kier alpha value is -2.22. The molecule has 0 saturated carbocycles. The molecule has 96 valence electrons. The normalized spacial score (nSPS) is 17.0. The molecule has 0 spiro atoms. The Kier molecular flexibility index (Phi) is 3.23. The van der Waals surface area contributed by atoms with Crippen LogP contribution in [0.1, 0.15) is 18.1 Å². The molecule has 19 heavy (non-hydrogen) atoms. The van der Waals surface area contributed by atoms with Crippen LogP contribution in [0.15, 0.2) is 48.5 Å². The van der Waals surface area contributed by atoms with Crippen LogP contribution < -0.4 is 9.47 Å². The van der Waals surface area contributed by atoms with Crippen LogP contribution in [0.3, 0.4) is 0 Å². The first-order valence-corrected chi connectivity index (χ1v) is 6.47. The van der Waals surface area contributed by atoms with Crippen LogP contribution in [0.25, 0.3) is 11.6 Å². The molecule has 0 bridgehead atoms. The fraction of sp³-hybridized carbons (Fsp3) is 0.176. The molecule has 2 aromatic carbocycles. The van der Waals surface area contributed by atoms with Gasteiger partial charge in [-0.15, -0.1) is 0 Å². The van der Waals surface area contributed by atoms with E-state index < -0.39 is 0 Å². The molecule has 0 saturated heterocycles. The lowest BCUT2D eigenvalue weighted by Crippen LogP contribution is -2.11. The topological polar surface area (TPSA) is 18.5 Å². The standard InChI is InChI=1S/C17H16O2/c1-13-12-14-6-2-4-8-16(14)18-10-11-19-17-9-5-3-7-15(13)17/h2-9,12H,10-11H2,1H3/b13-12+. The lowest BCUT2D eigenvalue weighted by molar-refractivity contribution is 0.216. The molecule has 0 N–H and O–H groups in total. The van der Waals surface area contributed by atoms with Gasteiger partial charge in [0.05, 0.1) is 0 Å². The van der Waals surface area contributed by atoms with Gasteiger partial charge in [-0.05, 0) is 30.7 Å². The Balaban J connectivity index is 2.12. The van der Waals surface area contributed by atoms with Gasteiger partial charge in [0.1, 0.15) is 24.7 Å². The maximum Gasteiger partial charge on any atom is 0.126 e. The van der Waals surface area contributed by atoms with Crippen LogP contribution in [0.4, 0.5) is 0 Å². The van der Waals surface area contributed by atoms with E-state index in [1.54, 1.807) is 0 Å². The van der Waals surface area contributed by atoms with Gasteiger partial charge in [-0.25, -0.2) is 0 Å². The third-order valence-electron chi connectivity index (χ3n) is 3.20. The lowest BCUT2D eigenvalue weighted by atomic mass is 10.0. The minimum absolute atomic E-state index is 0.554. The molecule has 0 aromatic heterocycles. The van der Waals surface area contributed by atoms with Crippen molar-refractivity contribution in [2.24, 2.45) is 0 Å². The van der Waals surface area contributed by atoms with Crippen molar-refractivity contribution in [1.82, 2.24) is 0 Å². The average Bonchev–Trinajstić information content (AvgIpc) is 2.45. The van der Waals surface area contributed by atoms with Crippen molar-refractivity contribution in [3.05, 3.63) is 59.7 Å². The first-order valence-electron chi connectivity index (χ1n) is 6.47. The predicted molar refractivity (Wildman–Crippen MR) is 77.4 cm³/mol. The highest BCUT2D eigenvalue weighted by Crippen LogP contribution is 2.30. The van der Waals surface area contributed by atoms with E-state index >= 15 is 0 Å². The zero-order valence-electron chi connectivity index (χ0n) is 10.9. The number of hydrogen-bond acceptors (Lipinski definition) is 2. The summed E-state index contributed by atoms with van der Waals surface area (Å²) in [6.45, 7) is 3.21. The summed E-state index contributed by atoms with van der Waals surface area (Å²) in [5, 5.41) is 0. The van der Waals surface area contributed by atoms with E-state index in [0.717, 1.165) is 22.6 Å². The van der Waals surface area contributed by atoms with Gasteiger partial charge in [-0.1, -0.05) is 36.4 Å². The van der Waals surface area contributed by atoms with E-state index in [-0.39, 0.29) is 0 Å². The van der Waals surface area contributed by atoms with Gasteiger partial charge in [-0.3, -0.25) is 0 Å². The summed E-state index contributed by atoms with van der Waals surface area (Å²) in [4.78, 5) is 0. The highest BCUT2D eigenvalue weighted by atomic mass is 16.5. The average molecular weight is 252 g/mol. The highest BCUT2D eigenvalue weighted by molar-refractivity contribution is 5.84. The molecule has 0 fully saturated rings. The molecule has 2 aromatic rings. The maximum absolute atomic E-state index is 5.78. The smallest absolute Gasteiger partial charge is 0.126 e. The second kappa shape index (κ2) is 5.19. The van der Waals surface area contributed by atoms with Crippen molar-refractivity contribution >= 4 is 11.6 Å². The summed E-state index contributed by atoms with van der Waals surface area (Å²) < 4.78 is 11.5. The maximum atomic E-state index is 5.78. The minimum atomic E-state index is 0.554. The van der Waals surface area contributed by atoms with Gasteiger partial charge in [0, 0.05) is 11.1 Å². The van der Waals surface area contributed by atoms with E-state index in [1.807, 2.05) is 36.4 Å². The van der Waals surface area contributed by atoms with Crippen LogP contribution >= 0.6 is 0 Å². The summed E-state index contributed by atoms with van der Waals surface area (Å²) in [7, 11) is 0.